The fraction of sp³-hybridized carbons (Fsp3) is 0. The van der Waals surface area contributed by atoms with E-state index >= 15 is 0 Å². The summed E-state index contributed by atoms with van der Waals surface area (Å²) in [6, 6.07) is 8.54. The summed E-state index contributed by atoms with van der Waals surface area (Å²) in [5, 5.41) is 17.4. The van der Waals surface area contributed by atoms with Crippen molar-refractivity contribution >= 4 is 29.3 Å². The third-order valence-electron chi connectivity index (χ3n) is 1.93. The molecule has 0 saturated heterocycles. The molecular weight excluding hydrogens is 260 g/mol. The van der Waals surface area contributed by atoms with Crippen LogP contribution in [0.5, 0.6) is 0 Å². The first-order valence-electron chi connectivity index (χ1n) is 4.65. The fourth-order valence-corrected chi connectivity index (χ4v) is 2.36. The van der Waals surface area contributed by atoms with E-state index in [1.807, 2.05) is 6.07 Å². The Bertz CT molecular complexity index is 563. The Morgan fingerprint density at radius 2 is 2.18 bits per heavy atom. The van der Waals surface area contributed by atoms with Crippen LogP contribution < -0.4 is 0 Å². The minimum atomic E-state index is -1.02. The van der Waals surface area contributed by atoms with Gasteiger partial charge in [0.1, 0.15) is 5.03 Å². The van der Waals surface area contributed by atoms with E-state index in [4.69, 9.17) is 16.7 Å². The molecule has 0 spiro atoms. The van der Waals surface area contributed by atoms with Gasteiger partial charge in [-0.1, -0.05) is 29.4 Å². The van der Waals surface area contributed by atoms with Gasteiger partial charge in [-0.15, -0.1) is 5.10 Å². The maximum absolute atomic E-state index is 11.0. The molecule has 1 heterocycles. The highest BCUT2D eigenvalue weighted by atomic mass is 35.5. The van der Waals surface area contributed by atoms with Gasteiger partial charge in [0.05, 0.1) is 11.8 Å². The van der Waals surface area contributed by atoms with Gasteiger partial charge >= 0.3 is 5.97 Å². The molecular formula is C11H7ClN2O2S. The monoisotopic (exact) mass is 266 g/mol. The van der Waals surface area contributed by atoms with Crippen LogP contribution in [0.1, 0.15) is 10.4 Å². The number of halogens is 1. The molecule has 17 heavy (non-hydrogen) atoms. The third kappa shape index (κ3) is 2.95. The summed E-state index contributed by atoms with van der Waals surface area (Å²) in [7, 11) is 0. The van der Waals surface area contributed by atoms with Crippen molar-refractivity contribution in [2.45, 2.75) is 9.92 Å². The zero-order valence-electron chi connectivity index (χ0n) is 8.50. The molecule has 0 aliphatic rings. The van der Waals surface area contributed by atoms with Gasteiger partial charge in [-0.3, -0.25) is 0 Å². The predicted molar refractivity (Wildman–Crippen MR) is 64.6 cm³/mol. The molecule has 0 bridgehead atoms. The van der Waals surface area contributed by atoms with E-state index < -0.39 is 5.97 Å². The molecule has 0 saturated carbocycles. The minimum absolute atomic E-state index is 0.130. The van der Waals surface area contributed by atoms with Crippen molar-refractivity contribution in [2.75, 3.05) is 0 Å². The highest BCUT2D eigenvalue weighted by Gasteiger charge is 2.12. The van der Waals surface area contributed by atoms with Gasteiger partial charge < -0.3 is 5.11 Å². The second kappa shape index (κ2) is 5.16. The molecule has 0 aliphatic heterocycles. The molecule has 2 rings (SSSR count). The van der Waals surface area contributed by atoms with Gasteiger partial charge in [-0.2, -0.15) is 5.10 Å². The van der Waals surface area contributed by atoms with E-state index in [2.05, 4.69) is 10.2 Å². The van der Waals surface area contributed by atoms with E-state index in [1.165, 1.54) is 24.0 Å². The quantitative estimate of drug-likeness (QED) is 0.925. The Hall–Kier alpha value is -1.59. The molecule has 6 heteroatoms. The van der Waals surface area contributed by atoms with E-state index in [1.54, 1.807) is 18.2 Å². The van der Waals surface area contributed by atoms with Crippen molar-refractivity contribution in [3.8, 4) is 0 Å². The number of aromatic nitrogens is 2. The van der Waals surface area contributed by atoms with Crippen LogP contribution in [0.15, 0.2) is 46.5 Å². The summed E-state index contributed by atoms with van der Waals surface area (Å²) in [5.74, 6) is -1.02. The fourth-order valence-electron chi connectivity index (χ4n) is 1.20. The standard InChI is InChI=1S/C11H7ClN2O2S/c12-7-2-1-3-8(6-7)17-10-9(11(15)16)4-5-13-14-10/h1-6H,(H,15,16). The number of carbonyl (C=O) groups is 1. The zero-order chi connectivity index (χ0) is 12.3. The smallest absolute Gasteiger partial charge is 0.338 e. The van der Waals surface area contributed by atoms with Crippen LogP contribution in [0, 0.1) is 0 Å². The van der Waals surface area contributed by atoms with Gasteiger partial charge in [0.2, 0.25) is 0 Å². The van der Waals surface area contributed by atoms with Gasteiger partial charge in [-0.05, 0) is 24.3 Å². The molecule has 0 amide bonds. The number of rotatable bonds is 3. The first-order valence-corrected chi connectivity index (χ1v) is 5.84. The molecule has 0 fully saturated rings. The normalized spacial score (nSPS) is 10.2. The summed E-state index contributed by atoms with van der Waals surface area (Å²) >= 11 is 7.07. The average Bonchev–Trinajstić information content (AvgIpc) is 2.29. The topological polar surface area (TPSA) is 63.1 Å². The highest BCUT2D eigenvalue weighted by molar-refractivity contribution is 7.99. The van der Waals surface area contributed by atoms with Crippen LogP contribution in [-0.2, 0) is 0 Å². The largest absolute Gasteiger partial charge is 0.478 e. The highest BCUT2D eigenvalue weighted by Crippen LogP contribution is 2.29. The Balaban J connectivity index is 2.33. The summed E-state index contributed by atoms with van der Waals surface area (Å²) in [6.45, 7) is 0. The summed E-state index contributed by atoms with van der Waals surface area (Å²) in [4.78, 5) is 11.8. The van der Waals surface area contributed by atoms with Crippen molar-refractivity contribution in [1.82, 2.24) is 10.2 Å². The molecule has 0 aliphatic carbocycles. The van der Waals surface area contributed by atoms with Crippen LogP contribution in [0.25, 0.3) is 0 Å². The first-order chi connectivity index (χ1) is 8.16. The van der Waals surface area contributed by atoms with Crippen molar-refractivity contribution in [1.29, 1.82) is 0 Å². The molecule has 0 atom stereocenters. The van der Waals surface area contributed by atoms with Gasteiger partial charge in [0.25, 0.3) is 0 Å². The third-order valence-corrected chi connectivity index (χ3v) is 3.15. The molecule has 2 aromatic rings. The lowest BCUT2D eigenvalue weighted by Crippen LogP contribution is -2.01. The van der Waals surface area contributed by atoms with Gasteiger partial charge in [0, 0.05) is 9.92 Å². The lowest BCUT2D eigenvalue weighted by Gasteiger charge is -2.03. The second-order valence-electron chi connectivity index (χ2n) is 3.11. The van der Waals surface area contributed by atoms with Gasteiger partial charge in [-0.25, -0.2) is 4.79 Å². The lowest BCUT2D eigenvalue weighted by atomic mass is 10.3. The van der Waals surface area contributed by atoms with E-state index in [0.717, 1.165) is 4.90 Å². The molecule has 4 nitrogen and oxygen atoms in total. The predicted octanol–water partition coefficient (Wildman–Crippen LogP) is 2.98. The molecule has 1 N–H and O–H groups in total. The molecule has 1 aromatic heterocycles. The van der Waals surface area contributed by atoms with Crippen LogP contribution >= 0.6 is 23.4 Å². The maximum Gasteiger partial charge on any atom is 0.338 e. The van der Waals surface area contributed by atoms with Gasteiger partial charge in [0.15, 0.2) is 0 Å². The van der Waals surface area contributed by atoms with E-state index in [-0.39, 0.29) is 5.56 Å². The van der Waals surface area contributed by atoms with Crippen LogP contribution in [0.3, 0.4) is 0 Å². The number of benzene rings is 1. The van der Waals surface area contributed by atoms with E-state index in [9.17, 15) is 4.79 Å². The zero-order valence-corrected chi connectivity index (χ0v) is 10.1. The SMILES string of the molecule is O=C(O)c1ccnnc1Sc1cccc(Cl)c1. The van der Waals surface area contributed by atoms with Crippen molar-refractivity contribution in [2.24, 2.45) is 0 Å². The molecule has 0 radical (unpaired) electrons. The Morgan fingerprint density at radius 1 is 1.35 bits per heavy atom. The number of nitrogens with zero attached hydrogens (tertiary/aromatic N) is 2. The number of aromatic carboxylic acids is 1. The average molecular weight is 267 g/mol. The first kappa shape index (κ1) is 11.9. The van der Waals surface area contributed by atoms with Crippen LogP contribution in [0.4, 0.5) is 0 Å². The van der Waals surface area contributed by atoms with E-state index in [0.29, 0.717) is 10.0 Å². The molecule has 0 unspecified atom stereocenters. The van der Waals surface area contributed by atoms with Crippen LogP contribution in [-0.4, -0.2) is 21.3 Å². The Morgan fingerprint density at radius 3 is 2.88 bits per heavy atom. The Kier molecular flexibility index (Phi) is 3.61. The number of hydrogen-bond donors (Lipinski definition) is 1. The van der Waals surface area contributed by atoms with Crippen molar-refractivity contribution < 1.29 is 9.90 Å². The Labute approximate surface area is 107 Å². The summed E-state index contributed by atoms with van der Waals surface area (Å²) < 4.78 is 0. The van der Waals surface area contributed by atoms with Crippen molar-refractivity contribution in [3.63, 3.8) is 0 Å². The molecule has 1 aromatic carbocycles. The maximum atomic E-state index is 11.0. The number of carboxylic acid groups (broad SMARTS) is 1. The number of carboxylic acids is 1. The second-order valence-corrected chi connectivity index (χ2v) is 4.61. The summed E-state index contributed by atoms with van der Waals surface area (Å²) in [6.07, 6.45) is 1.35. The van der Waals surface area contributed by atoms with Crippen LogP contribution in [0.2, 0.25) is 5.02 Å². The minimum Gasteiger partial charge on any atom is -0.478 e. The number of hydrogen-bond acceptors (Lipinski definition) is 4. The molecule has 86 valence electrons. The van der Waals surface area contributed by atoms with Crippen molar-refractivity contribution in [3.05, 3.63) is 47.1 Å². The lowest BCUT2D eigenvalue weighted by molar-refractivity contribution is 0.0692. The summed E-state index contributed by atoms with van der Waals surface area (Å²) in [5.41, 5.74) is 0.130.